The van der Waals surface area contributed by atoms with E-state index in [9.17, 15) is 0 Å². The highest BCUT2D eigenvalue weighted by molar-refractivity contribution is 9.10. The first-order valence-corrected chi connectivity index (χ1v) is 17.6. The van der Waals surface area contributed by atoms with Crippen molar-refractivity contribution in [3.63, 3.8) is 0 Å². The molecular weight excluding hydrogens is 676 g/mol. The van der Waals surface area contributed by atoms with Crippen molar-refractivity contribution in [2.24, 2.45) is 0 Å². The first-order chi connectivity index (χ1) is 24.7. The first kappa shape index (κ1) is 27.7. The second-order valence-corrected chi connectivity index (χ2v) is 13.9. The average molecular weight is 704 g/mol. The molecule has 0 bridgehead atoms. The number of aromatic nitrogens is 4. The van der Waals surface area contributed by atoms with Crippen molar-refractivity contribution in [3.8, 4) is 22.5 Å². The van der Waals surface area contributed by atoms with Gasteiger partial charge in [-0.2, -0.15) is 4.98 Å². The van der Waals surface area contributed by atoms with Crippen LogP contribution in [0.5, 0.6) is 0 Å². The van der Waals surface area contributed by atoms with Crippen LogP contribution in [0.4, 0.5) is 0 Å². The van der Waals surface area contributed by atoms with Gasteiger partial charge in [0.15, 0.2) is 5.65 Å². The van der Waals surface area contributed by atoms with Crippen molar-refractivity contribution in [2.75, 3.05) is 0 Å². The van der Waals surface area contributed by atoms with Crippen LogP contribution < -0.4 is 0 Å². The molecule has 0 aliphatic rings. The van der Waals surface area contributed by atoms with Crippen molar-refractivity contribution >= 4 is 87.1 Å². The molecule has 0 atom stereocenters. The van der Waals surface area contributed by atoms with Crippen molar-refractivity contribution in [1.29, 1.82) is 0 Å². The predicted octanol–water partition coefficient (Wildman–Crippen LogP) is 12.3. The normalized spacial score (nSPS) is 12.1. The minimum atomic E-state index is 0.888. The average Bonchev–Trinajstić information content (AvgIpc) is 3.80. The van der Waals surface area contributed by atoms with Crippen LogP contribution in [0.1, 0.15) is 0 Å². The molecule has 0 saturated carbocycles. The number of hydrogen-bond acceptors (Lipinski definition) is 1. The van der Waals surface area contributed by atoms with E-state index in [4.69, 9.17) is 4.98 Å². The van der Waals surface area contributed by atoms with E-state index >= 15 is 0 Å². The van der Waals surface area contributed by atoms with E-state index in [1.54, 1.807) is 0 Å². The lowest BCUT2D eigenvalue weighted by Crippen LogP contribution is -1.97. The Labute approximate surface area is 295 Å². The number of fused-ring (bicyclic) bond motifs is 13. The molecule has 0 spiro atoms. The van der Waals surface area contributed by atoms with Crippen LogP contribution in [-0.2, 0) is 0 Å². The fraction of sp³-hybridized carbons (Fsp3) is 0. The van der Waals surface area contributed by atoms with Gasteiger partial charge in [0.2, 0.25) is 5.78 Å². The molecule has 234 valence electrons. The summed E-state index contributed by atoms with van der Waals surface area (Å²) < 4.78 is 7.95. The maximum Gasteiger partial charge on any atom is 0.222 e. The van der Waals surface area contributed by atoms with E-state index in [2.05, 4.69) is 193 Å². The van der Waals surface area contributed by atoms with Gasteiger partial charge < -0.3 is 0 Å². The van der Waals surface area contributed by atoms with Gasteiger partial charge in [-0.1, -0.05) is 125 Å². The van der Waals surface area contributed by atoms with E-state index < -0.39 is 0 Å². The third-order valence-electron chi connectivity index (χ3n) is 10.3. The molecule has 0 radical (unpaired) electrons. The van der Waals surface area contributed by atoms with Gasteiger partial charge in [-0.3, -0.25) is 13.5 Å². The van der Waals surface area contributed by atoms with Crippen LogP contribution in [0.3, 0.4) is 0 Å². The molecule has 11 aromatic rings. The molecule has 3 heterocycles. The molecule has 11 rings (SSSR count). The Kier molecular flexibility index (Phi) is 5.78. The molecule has 0 aliphatic heterocycles. The zero-order chi connectivity index (χ0) is 32.9. The van der Waals surface area contributed by atoms with E-state index in [0.717, 1.165) is 49.3 Å². The number of para-hydroxylation sites is 2. The first-order valence-electron chi connectivity index (χ1n) is 16.8. The Hall–Kier alpha value is -6.17. The summed E-state index contributed by atoms with van der Waals surface area (Å²) in [6, 6.07) is 59.0. The standard InChI is InChI=1S/C45H27BrN4/c46-30-22-24-41-42(27-30)49(31-12-2-1-3-13-31)45-47-44-43(50(41)45)38-19-8-9-20-40(38)48(44)32-14-10-11-28(25-32)29-21-23-37-35-17-5-4-15-33(35)34-16-6-7-18-36(34)39(37)26-29/h1-27H. The molecule has 0 saturated heterocycles. The quantitative estimate of drug-likeness (QED) is 0.168. The second-order valence-electron chi connectivity index (χ2n) is 13.0. The van der Waals surface area contributed by atoms with Crippen LogP contribution in [0.25, 0.3) is 93.7 Å². The summed E-state index contributed by atoms with van der Waals surface area (Å²) in [6.07, 6.45) is 0. The van der Waals surface area contributed by atoms with E-state index in [1.165, 1.54) is 48.8 Å². The lowest BCUT2D eigenvalue weighted by molar-refractivity contribution is 1.09. The number of halogens is 1. The molecule has 0 aliphatic carbocycles. The van der Waals surface area contributed by atoms with Gasteiger partial charge in [-0.25, -0.2) is 0 Å². The number of benzene rings is 8. The van der Waals surface area contributed by atoms with Gasteiger partial charge in [0.1, 0.15) is 5.52 Å². The Bertz CT molecular complexity index is 3130. The largest absolute Gasteiger partial charge is 0.292 e. The lowest BCUT2D eigenvalue weighted by Gasteiger charge is -2.13. The summed E-state index contributed by atoms with van der Waals surface area (Å²) >= 11 is 3.72. The van der Waals surface area contributed by atoms with Crippen LogP contribution in [0.15, 0.2) is 168 Å². The van der Waals surface area contributed by atoms with E-state index in [-0.39, 0.29) is 0 Å². The Morgan fingerprint density at radius 1 is 0.400 bits per heavy atom. The fourth-order valence-electron chi connectivity index (χ4n) is 8.13. The summed E-state index contributed by atoms with van der Waals surface area (Å²) in [4.78, 5) is 5.45. The van der Waals surface area contributed by atoms with Crippen LogP contribution in [-0.4, -0.2) is 18.5 Å². The van der Waals surface area contributed by atoms with Crippen molar-refractivity contribution in [3.05, 3.63) is 168 Å². The molecule has 5 heteroatoms. The summed E-state index contributed by atoms with van der Waals surface area (Å²) in [6.45, 7) is 0. The minimum Gasteiger partial charge on any atom is -0.292 e. The Balaban J connectivity index is 1.17. The molecule has 0 unspecified atom stereocenters. The van der Waals surface area contributed by atoms with Gasteiger partial charge in [0.05, 0.1) is 16.6 Å². The van der Waals surface area contributed by atoms with Crippen LogP contribution in [0.2, 0.25) is 0 Å². The number of nitrogens with zero attached hydrogens (tertiary/aromatic N) is 4. The highest BCUT2D eigenvalue weighted by atomic mass is 79.9. The fourth-order valence-corrected chi connectivity index (χ4v) is 8.48. The molecule has 0 amide bonds. The van der Waals surface area contributed by atoms with Gasteiger partial charge >= 0.3 is 0 Å². The van der Waals surface area contributed by atoms with Crippen LogP contribution in [0, 0.1) is 0 Å². The third-order valence-corrected chi connectivity index (χ3v) is 10.8. The maximum absolute atomic E-state index is 5.45. The Morgan fingerprint density at radius 3 is 1.78 bits per heavy atom. The van der Waals surface area contributed by atoms with Gasteiger partial charge in [0.25, 0.3) is 0 Å². The summed E-state index contributed by atoms with van der Waals surface area (Å²) in [5, 5.41) is 8.86. The molecule has 8 aromatic carbocycles. The zero-order valence-corrected chi connectivity index (χ0v) is 28.3. The summed E-state index contributed by atoms with van der Waals surface area (Å²) in [7, 11) is 0. The monoisotopic (exact) mass is 702 g/mol. The summed E-state index contributed by atoms with van der Waals surface area (Å²) in [5.41, 5.74) is 9.90. The number of imidazole rings is 2. The van der Waals surface area contributed by atoms with Gasteiger partial charge in [-0.15, -0.1) is 0 Å². The van der Waals surface area contributed by atoms with Gasteiger partial charge in [0, 0.05) is 21.2 Å². The molecular formula is C45H27BrN4. The molecule has 0 N–H and O–H groups in total. The van der Waals surface area contributed by atoms with Crippen molar-refractivity contribution < 1.29 is 0 Å². The lowest BCUT2D eigenvalue weighted by atomic mass is 9.92. The number of hydrogen-bond donors (Lipinski definition) is 0. The topological polar surface area (TPSA) is 27.2 Å². The van der Waals surface area contributed by atoms with Crippen molar-refractivity contribution in [2.45, 2.75) is 0 Å². The summed E-state index contributed by atoms with van der Waals surface area (Å²) in [5.74, 6) is 0.888. The predicted molar refractivity (Wildman–Crippen MR) is 212 cm³/mol. The highest BCUT2D eigenvalue weighted by Gasteiger charge is 2.24. The van der Waals surface area contributed by atoms with Gasteiger partial charge in [-0.05, 0) is 98.0 Å². The molecule has 3 aromatic heterocycles. The smallest absolute Gasteiger partial charge is 0.222 e. The molecule has 4 nitrogen and oxygen atoms in total. The highest BCUT2D eigenvalue weighted by Crippen LogP contribution is 2.40. The minimum absolute atomic E-state index is 0.888. The molecule has 0 fully saturated rings. The third kappa shape index (κ3) is 3.84. The maximum atomic E-state index is 5.45. The van der Waals surface area contributed by atoms with E-state index in [1.807, 2.05) is 0 Å². The van der Waals surface area contributed by atoms with Crippen molar-refractivity contribution in [1.82, 2.24) is 18.5 Å². The number of rotatable bonds is 3. The SMILES string of the molecule is Brc1ccc2c(c1)n(-c1ccccc1)c1nc3c(c4ccccc4n3-c3cccc(-c4ccc5c6ccccc6c6ccccc6c5c4)c3)n21. The Morgan fingerprint density at radius 2 is 1.02 bits per heavy atom. The second kappa shape index (κ2) is 10.4. The zero-order valence-electron chi connectivity index (χ0n) is 26.8. The van der Waals surface area contributed by atoms with E-state index in [0.29, 0.717) is 0 Å². The van der Waals surface area contributed by atoms with Crippen LogP contribution >= 0.6 is 15.9 Å². The molecule has 50 heavy (non-hydrogen) atoms.